The van der Waals surface area contributed by atoms with Gasteiger partial charge in [-0.05, 0) is 42.3 Å². The molecule has 3 N–H and O–H groups in total. The molecule has 2 nitrogen and oxygen atoms in total. The van der Waals surface area contributed by atoms with Crippen molar-refractivity contribution >= 4 is 11.4 Å². The van der Waals surface area contributed by atoms with E-state index in [1.165, 1.54) is 11.1 Å². The van der Waals surface area contributed by atoms with Crippen molar-refractivity contribution in [3.63, 3.8) is 0 Å². The van der Waals surface area contributed by atoms with Gasteiger partial charge in [0, 0.05) is 22.5 Å². The van der Waals surface area contributed by atoms with Crippen LogP contribution in [0.3, 0.4) is 0 Å². The zero-order chi connectivity index (χ0) is 14.8. The summed E-state index contributed by atoms with van der Waals surface area (Å²) in [5.41, 5.74) is 11.0. The minimum Gasteiger partial charge on any atom is -0.399 e. The minimum absolute atomic E-state index is 0.0462. The number of nitrogen functional groups attached to an aromatic ring is 1. The van der Waals surface area contributed by atoms with E-state index in [0.717, 1.165) is 17.1 Å². The van der Waals surface area contributed by atoms with Crippen molar-refractivity contribution in [3.8, 4) is 0 Å². The van der Waals surface area contributed by atoms with Crippen LogP contribution in [-0.4, -0.2) is 0 Å². The number of hydrogen-bond donors (Lipinski definition) is 2. The van der Waals surface area contributed by atoms with Gasteiger partial charge in [0.2, 0.25) is 0 Å². The van der Waals surface area contributed by atoms with Gasteiger partial charge in [-0.1, -0.05) is 44.7 Å². The largest absolute Gasteiger partial charge is 0.399 e. The molecule has 2 rings (SSSR count). The topological polar surface area (TPSA) is 38.0 Å². The van der Waals surface area contributed by atoms with E-state index in [9.17, 15) is 0 Å². The Bertz CT molecular complexity index is 592. The highest BCUT2D eigenvalue weighted by atomic mass is 14.9. The maximum Gasteiger partial charge on any atom is 0.0381 e. The standard InChI is InChI=1S/C18H22N2/c1-13(2)20-17-11-7-15(8-12-17)18(3,4)14-5-9-16(19)10-6-14/h5-12,20H,1,19H2,2-4H3. The van der Waals surface area contributed by atoms with E-state index in [1.807, 2.05) is 19.1 Å². The first-order valence-electron chi connectivity index (χ1n) is 6.78. The van der Waals surface area contributed by atoms with Crippen LogP contribution in [0.1, 0.15) is 31.9 Å². The van der Waals surface area contributed by atoms with Crippen LogP contribution in [0.4, 0.5) is 11.4 Å². The fraction of sp³-hybridized carbons (Fsp3) is 0.222. The van der Waals surface area contributed by atoms with Gasteiger partial charge in [-0.25, -0.2) is 0 Å². The number of anilines is 2. The predicted octanol–water partition coefficient (Wildman–Crippen LogP) is 4.54. The van der Waals surface area contributed by atoms with Crippen molar-refractivity contribution in [3.05, 3.63) is 71.9 Å². The lowest BCUT2D eigenvalue weighted by Gasteiger charge is -2.26. The molecule has 20 heavy (non-hydrogen) atoms. The molecule has 0 spiro atoms. The Hall–Kier alpha value is -2.22. The van der Waals surface area contributed by atoms with E-state index >= 15 is 0 Å². The van der Waals surface area contributed by atoms with Gasteiger partial charge in [-0.3, -0.25) is 0 Å². The van der Waals surface area contributed by atoms with Crippen molar-refractivity contribution in [2.45, 2.75) is 26.2 Å². The number of nitrogens with one attached hydrogen (secondary N) is 1. The second-order valence-electron chi connectivity index (χ2n) is 5.73. The van der Waals surface area contributed by atoms with Crippen molar-refractivity contribution in [2.24, 2.45) is 0 Å². The van der Waals surface area contributed by atoms with Crippen LogP contribution >= 0.6 is 0 Å². The van der Waals surface area contributed by atoms with Crippen molar-refractivity contribution in [2.75, 3.05) is 11.1 Å². The van der Waals surface area contributed by atoms with Gasteiger partial charge in [-0.2, -0.15) is 0 Å². The van der Waals surface area contributed by atoms with Gasteiger partial charge in [0.25, 0.3) is 0 Å². The SMILES string of the molecule is C=C(C)Nc1ccc(C(C)(C)c2ccc(N)cc2)cc1. The highest BCUT2D eigenvalue weighted by molar-refractivity contribution is 5.51. The third-order valence-electron chi connectivity index (χ3n) is 3.60. The van der Waals surface area contributed by atoms with Crippen molar-refractivity contribution in [1.29, 1.82) is 0 Å². The van der Waals surface area contributed by atoms with Crippen LogP contribution < -0.4 is 11.1 Å². The Labute approximate surface area is 121 Å². The molecule has 104 valence electrons. The summed E-state index contributed by atoms with van der Waals surface area (Å²) in [5.74, 6) is 0. The van der Waals surface area contributed by atoms with E-state index in [4.69, 9.17) is 5.73 Å². The summed E-state index contributed by atoms with van der Waals surface area (Å²) in [7, 11) is 0. The van der Waals surface area contributed by atoms with Crippen LogP contribution in [0.2, 0.25) is 0 Å². The number of hydrogen-bond acceptors (Lipinski definition) is 2. The zero-order valence-electron chi connectivity index (χ0n) is 12.4. The van der Waals surface area contributed by atoms with Crippen LogP contribution in [0.25, 0.3) is 0 Å². The maximum absolute atomic E-state index is 5.76. The van der Waals surface area contributed by atoms with Crippen LogP contribution in [0.5, 0.6) is 0 Å². The Kier molecular flexibility index (Phi) is 3.84. The molecule has 0 saturated heterocycles. The molecule has 0 atom stereocenters. The lowest BCUT2D eigenvalue weighted by atomic mass is 9.78. The first kappa shape index (κ1) is 14.2. The molecule has 0 radical (unpaired) electrons. The minimum atomic E-state index is -0.0462. The third kappa shape index (κ3) is 3.02. The van der Waals surface area contributed by atoms with Gasteiger partial charge < -0.3 is 11.1 Å². The lowest BCUT2D eigenvalue weighted by molar-refractivity contribution is 0.641. The fourth-order valence-electron chi connectivity index (χ4n) is 2.28. The third-order valence-corrected chi connectivity index (χ3v) is 3.60. The molecule has 0 aliphatic heterocycles. The van der Waals surface area contributed by atoms with Crippen molar-refractivity contribution in [1.82, 2.24) is 0 Å². The summed E-state index contributed by atoms with van der Waals surface area (Å²) in [5, 5.41) is 3.22. The Morgan fingerprint density at radius 1 is 0.950 bits per heavy atom. The molecule has 0 aliphatic carbocycles. The van der Waals surface area contributed by atoms with Crippen LogP contribution in [-0.2, 0) is 5.41 Å². The van der Waals surface area contributed by atoms with E-state index in [-0.39, 0.29) is 5.41 Å². The quantitative estimate of drug-likeness (QED) is 0.797. The average molecular weight is 266 g/mol. The molecule has 0 aliphatic rings. The summed E-state index contributed by atoms with van der Waals surface area (Å²) in [4.78, 5) is 0. The molecular weight excluding hydrogens is 244 g/mol. The van der Waals surface area contributed by atoms with Gasteiger partial charge in [0.1, 0.15) is 0 Å². The number of nitrogens with two attached hydrogens (primary N) is 1. The van der Waals surface area contributed by atoms with E-state index < -0.39 is 0 Å². The normalized spacial score (nSPS) is 11.2. The molecule has 0 aromatic heterocycles. The molecule has 0 saturated carbocycles. The highest BCUT2D eigenvalue weighted by Crippen LogP contribution is 2.32. The zero-order valence-corrected chi connectivity index (χ0v) is 12.4. The first-order valence-corrected chi connectivity index (χ1v) is 6.78. The van der Waals surface area contributed by atoms with E-state index in [0.29, 0.717) is 0 Å². The average Bonchev–Trinajstić information content (AvgIpc) is 2.39. The second kappa shape index (κ2) is 5.41. The molecule has 0 bridgehead atoms. The molecule has 2 aromatic carbocycles. The van der Waals surface area contributed by atoms with E-state index in [1.54, 1.807) is 0 Å². The van der Waals surface area contributed by atoms with Crippen molar-refractivity contribution < 1.29 is 0 Å². The Balaban J connectivity index is 2.29. The molecule has 0 amide bonds. The molecule has 2 heteroatoms. The Morgan fingerprint density at radius 2 is 1.40 bits per heavy atom. The summed E-state index contributed by atoms with van der Waals surface area (Å²) >= 11 is 0. The van der Waals surface area contributed by atoms with E-state index in [2.05, 4.69) is 62.1 Å². The van der Waals surface area contributed by atoms with Gasteiger partial charge >= 0.3 is 0 Å². The Morgan fingerprint density at radius 3 is 1.85 bits per heavy atom. The van der Waals surface area contributed by atoms with Gasteiger partial charge in [0.05, 0.1) is 0 Å². The number of allylic oxidation sites excluding steroid dienone is 1. The predicted molar refractivity (Wildman–Crippen MR) is 87.9 cm³/mol. The second-order valence-corrected chi connectivity index (χ2v) is 5.73. The first-order chi connectivity index (χ1) is 9.39. The molecule has 2 aromatic rings. The molecule has 0 heterocycles. The molecular formula is C18H22N2. The summed E-state index contributed by atoms with van der Waals surface area (Å²) in [6, 6.07) is 16.6. The summed E-state index contributed by atoms with van der Waals surface area (Å²) in [6.45, 7) is 10.2. The van der Waals surface area contributed by atoms with Crippen LogP contribution in [0.15, 0.2) is 60.8 Å². The maximum atomic E-state index is 5.76. The highest BCUT2D eigenvalue weighted by Gasteiger charge is 2.22. The molecule has 0 unspecified atom stereocenters. The van der Waals surface area contributed by atoms with Gasteiger partial charge in [-0.15, -0.1) is 0 Å². The summed E-state index contributed by atoms with van der Waals surface area (Å²) in [6.07, 6.45) is 0. The monoisotopic (exact) mass is 266 g/mol. The lowest BCUT2D eigenvalue weighted by Crippen LogP contribution is -2.18. The van der Waals surface area contributed by atoms with Crippen LogP contribution in [0, 0.1) is 0 Å². The summed E-state index contributed by atoms with van der Waals surface area (Å²) < 4.78 is 0. The molecule has 0 fully saturated rings. The number of benzene rings is 2. The van der Waals surface area contributed by atoms with Gasteiger partial charge in [0.15, 0.2) is 0 Å². The smallest absolute Gasteiger partial charge is 0.0381 e. The fourth-order valence-corrected chi connectivity index (χ4v) is 2.28. The number of rotatable bonds is 4.